The number of halogens is 1. The van der Waals surface area contributed by atoms with E-state index in [9.17, 15) is 4.79 Å². The van der Waals surface area contributed by atoms with Gasteiger partial charge in [0.25, 0.3) is 0 Å². The summed E-state index contributed by atoms with van der Waals surface area (Å²) in [7, 11) is 0. The Kier molecular flexibility index (Phi) is 6.89. The minimum absolute atomic E-state index is 0.0165. The van der Waals surface area contributed by atoms with Crippen molar-refractivity contribution in [2.24, 2.45) is 0 Å². The van der Waals surface area contributed by atoms with E-state index >= 15 is 0 Å². The average molecular weight is 283 g/mol. The average Bonchev–Trinajstić information content (AvgIpc) is 2.35. The SMILES string of the molecule is CC(C)NCCCC(=O)N[C@H](C)c1ccc(Cl)cc1. The van der Waals surface area contributed by atoms with Crippen LogP contribution in [0.15, 0.2) is 24.3 Å². The molecule has 3 nitrogen and oxygen atoms in total. The van der Waals surface area contributed by atoms with Crippen LogP contribution in [-0.2, 0) is 4.79 Å². The van der Waals surface area contributed by atoms with Gasteiger partial charge in [0.15, 0.2) is 0 Å². The lowest BCUT2D eigenvalue weighted by atomic mass is 10.1. The zero-order valence-corrected chi connectivity index (χ0v) is 12.6. The first kappa shape index (κ1) is 16.0. The number of amides is 1. The lowest BCUT2D eigenvalue weighted by molar-refractivity contribution is -0.121. The van der Waals surface area contributed by atoms with E-state index < -0.39 is 0 Å². The van der Waals surface area contributed by atoms with Gasteiger partial charge in [-0.2, -0.15) is 0 Å². The predicted octanol–water partition coefficient (Wildman–Crippen LogP) is 3.30. The highest BCUT2D eigenvalue weighted by atomic mass is 35.5. The largest absolute Gasteiger partial charge is 0.350 e. The van der Waals surface area contributed by atoms with E-state index in [1.165, 1.54) is 0 Å². The van der Waals surface area contributed by atoms with Gasteiger partial charge >= 0.3 is 0 Å². The maximum Gasteiger partial charge on any atom is 0.220 e. The molecule has 0 saturated heterocycles. The van der Waals surface area contributed by atoms with E-state index in [2.05, 4.69) is 24.5 Å². The standard InChI is InChI=1S/C15H23ClN2O/c1-11(2)17-10-4-5-15(19)18-12(3)13-6-8-14(16)9-7-13/h6-9,11-12,17H,4-5,10H2,1-3H3,(H,18,19)/t12-/m1/s1. The Morgan fingerprint density at radius 1 is 1.21 bits per heavy atom. The second-order valence-corrected chi connectivity index (χ2v) is 5.49. The van der Waals surface area contributed by atoms with Crippen molar-refractivity contribution in [2.45, 2.75) is 45.7 Å². The number of benzene rings is 1. The number of hydrogen-bond donors (Lipinski definition) is 2. The van der Waals surface area contributed by atoms with Crippen LogP contribution in [0.25, 0.3) is 0 Å². The van der Waals surface area contributed by atoms with E-state index in [0.29, 0.717) is 17.5 Å². The van der Waals surface area contributed by atoms with Crippen molar-refractivity contribution in [3.05, 3.63) is 34.9 Å². The van der Waals surface area contributed by atoms with Crippen molar-refractivity contribution in [2.75, 3.05) is 6.54 Å². The van der Waals surface area contributed by atoms with Crippen LogP contribution in [0.2, 0.25) is 5.02 Å². The lowest BCUT2D eigenvalue weighted by Gasteiger charge is -2.14. The van der Waals surface area contributed by atoms with Crippen LogP contribution in [0, 0.1) is 0 Å². The summed E-state index contributed by atoms with van der Waals surface area (Å²) in [4.78, 5) is 11.8. The van der Waals surface area contributed by atoms with Gasteiger partial charge in [-0.25, -0.2) is 0 Å². The molecule has 1 atom stereocenters. The zero-order valence-electron chi connectivity index (χ0n) is 11.9. The van der Waals surface area contributed by atoms with Crippen molar-refractivity contribution >= 4 is 17.5 Å². The van der Waals surface area contributed by atoms with Gasteiger partial charge in [-0.1, -0.05) is 37.6 Å². The quantitative estimate of drug-likeness (QED) is 0.754. The van der Waals surface area contributed by atoms with E-state index in [0.717, 1.165) is 18.5 Å². The third-order valence-corrected chi connectivity index (χ3v) is 3.13. The van der Waals surface area contributed by atoms with Gasteiger partial charge in [0.05, 0.1) is 6.04 Å². The maximum atomic E-state index is 11.8. The lowest BCUT2D eigenvalue weighted by Crippen LogP contribution is -2.28. The summed E-state index contributed by atoms with van der Waals surface area (Å²) in [6.07, 6.45) is 1.41. The highest BCUT2D eigenvalue weighted by molar-refractivity contribution is 6.30. The van der Waals surface area contributed by atoms with Crippen molar-refractivity contribution in [1.82, 2.24) is 10.6 Å². The fourth-order valence-corrected chi connectivity index (χ4v) is 1.91. The number of carbonyl (C=O) groups is 1. The Bertz CT molecular complexity index is 390. The highest BCUT2D eigenvalue weighted by Gasteiger charge is 2.09. The smallest absolute Gasteiger partial charge is 0.220 e. The Balaban J connectivity index is 2.29. The molecule has 106 valence electrons. The monoisotopic (exact) mass is 282 g/mol. The first-order chi connectivity index (χ1) is 8.99. The molecule has 0 aliphatic rings. The Hall–Kier alpha value is -1.06. The number of carbonyl (C=O) groups excluding carboxylic acids is 1. The van der Waals surface area contributed by atoms with Gasteiger partial charge < -0.3 is 10.6 Å². The van der Waals surface area contributed by atoms with Crippen LogP contribution in [0.5, 0.6) is 0 Å². The zero-order chi connectivity index (χ0) is 14.3. The van der Waals surface area contributed by atoms with Crippen LogP contribution >= 0.6 is 11.6 Å². The molecular weight excluding hydrogens is 260 g/mol. The Labute approximate surface area is 120 Å². The van der Waals surface area contributed by atoms with Crippen LogP contribution in [-0.4, -0.2) is 18.5 Å². The van der Waals surface area contributed by atoms with Gasteiger partial charge in [0, 0.05) is 17.5 Å². The summed E-state index contributed by atoms with van der Waals surface area (Å²) in [6, 6.07) is 8.04. The molecule has 1 aromatic rings. The van der Waals surface area contributed by atoms with Gasteiger partial charge in [-0.05, 0) is 37.6 Å². The minimum Gasteiger partial charge on any atom is -0.350 e. The minimum atomic E-state index is 0.0165. The molecule has 0 fully saturated rings. The molecule has 19 heavy (non-hydrogen) atoms. The van der Waals surface area contributed by atoms with E-state index in [1.54, 1.807) is 0 Å². The third-order valence-electron chi connectivity index (χ3n) is 2.88. The molecule has 0 saturated carbocycles. The molecule has 1 amide bonds. The van der Waals surface area contributed by atoms with E-state index in [1.807, 2.05) is 31.2 Å². The first-order valence-electron chi connectivity index (χ1n) is 6.77. The van der Waals surface area contributed by atoms with E-state index in [4.69, 9.17) is 11.6 Å². The molecule has 0 heterocycles. The van der Waals surface area contributed by atoms with Crippen LogP contribution in [0.4, 0.5) is 0 Å². The molecule has 0 aromatic heterocycles. The topological polar surface area (TPSA) is 41.1 Å². The molecule has 1 aromatic carbocycles. The second kappa shape index (κ2) is 8.18. The molecule has 1 rings (SSSR count). The van der Waals surface area contributed by atoms with Crippen LogP contribution in [0.3, 0.4) is 0 Å². The molecule has 2 N–H and O–H groups in total. The summed E-state index contributed by atoms with van der Waals surface area (Å²) in [5.41, 5.74) is 1.07. The number of hydrogen-bond acceptors (Lipinski definition) is 2. The van der Waals surface area contributed by atoms with Crippen molar-refractivity contribution in [1.29, 1.82) is 0 Å². The summed E-state index contributed by atoms with van der Waals surface area (Å²) in [5.74, 6) is 0.0907. The van der Waals surface area contributed by atoms with Gasteiger partial charge in [-0.15, -0.1) is 0 Å². The van der Waals surface area contributed by atoms with Crippen LogP contribution in [0.1, 0.15) is 45.2 Å². The summed E-state index contributed by atoms with van der Waals surface area (Å²) >= 11 is 5.84. The van der Waals surface area contributed by atoms with Crippen LogP contribution < -0.4 is 10.6 Å². The summed E-state index contributed by atoms with van der Waals surface area (Å²) in [5, 5.41) is 7.00. The molecule has 0 aliphatic heterocycles. The molecule has 0 aliphatic carbocycles. The molecule has 0 unspecified atom stereocenters. The highest BCUT2D eigenvalue weighted by Crippen LogP contribution is 2.16. The molecule has 0 bridgehead atoms. The Morgan fingerprint density at radius 3 is 2.42 bits per heavy atom. The van der Waals surface area contributed by atoms with Crippen molar-refractivity contribution in [3.63, 3.8) is 0 Å². The second-order valence-electron chi connectivity index (χ2n) is 5.05. The molecule has 4 heteroatoms. The fourth-order valence-electron chi connectivity index (χ4n) is 1.79. The first-order valence-corrected chi connectivity index (χ1v) is 7.15. The third kappa shape index (κ3) is 6.60. The normalized spacial score (nSPS) is 12.5. The van der Waals surface area contributed by atoms with Gasteiger partial charge in [0.2, 0.25) is 5.91 Å². The molecule has 0 spiro atoms. The predicted molar refractivity (Wildman–Crippen MR) is 80.4 cm³/mol. The molecule has 0 radical (unpaired) electrons. The van der Waals surface area contributed by atoms with Crippen molar-refractivity contribution in [3.8, 4) is 0 Å². The Morgan fingerprint density at radius 2 is 1.84 bits per heavy atom. The maximum absolute atomic E-state index is 11.8. The number of nitrogens with one attached hydrogen (secondary N) is 2. The summed E-state index contributed by atoms with van der Waals surface area (Å²) in [6.45, 7) is 7.05. The number of rotatable bonds is 7. The molecular formula is C15H23ClN2O. The van der Waals surface area contributed by atoms with E-state index in [-0.39, 0.29) is 11.9 Å². The van der Waals surface area contributed by atoms with Crippen molar-refractivity contribution < 1.29 is 4.79 Å². The summed E-state index contributed by atoms with van der Waals surface area (Å²) < 4.78 is 0. The fraction of sp³-hybridized carbons (Fsp3) is 0.533. The van der Waals surface area contributed by atoms with Gasteiger partial charge in [-0.3, -0.25) is 4.79 Å². The van der Waals surface area contributed by atoms with Gasteiger partial charge in [0.1, 0.15) is 0 Å².